The number of amides is 1. The molecule has 2 N–H and O–H groups in total. The van der Waals surface area contributed by atoms with Crippen LogP contribution in [0.4, 0.5) is 4.79 Å². The summed E-state index contributed by atoms with van der Waals surface area (Å²) in [5, 5.41) is 12.0. The second-order valence-corrected chi connectivity index (χ2v) is 6.40. The monoisotopic (exact) mass is 300 g/mol. The van der Waals surface area contributed by atoms with Crippen molar-refractivity contribution in [3.63, 3.8) is 0 Å². The normalized spacial score (nSPS) is 27.4. The molecule has 2 saturated heterocycles. The predicted octanol–water partition coefficient (Wildman–Crippen LogP) is 1.02. The fraction of sp³-hybridized carbons (Fsp3) is 0.786. The number of piperazine rings is 1. The van der Waals surface area contributed by atoms with E-state index in [9.17, 15) is 14.4 Å². The molecule has 0 radical (unpaired) electrons. The van der Waals surface area contributed by atoms with Gasteiger partial charge < -0.3 is 20.0 Å². The highest BCUT2D eigenvalue weighted by Crippen LogP contribution is 2.34. The van der Waals surface area contributed by atoms with Gasteiger partial charge in [-0.2, -0.15) is 0 Å². The average Bonchev–Trinajstić information content (AvgIpc) is 2.55. The molecule has 21 heavy (non-hydrogen) atoms. The highest BCUT2D eigenvalue weighted by Gasteiger charge is 2.51. The highest BCUT2D eigenvalue weighted by atomic mass is 16.6. The Bertz CT molecular complexity index is 414. The SMILES string of the molecule is CC(=O)OC(C)(C)C.O=CC12CCC(CNC1)N2C(=O)O. The fourth-order valence-corrected chi connectivity index (χ4v) is 2.79. The summed E-state index contributed by atoms with van der Waals surface area (Å²) in [5.74, 6) is -0.225. The highest BCUT2D eigenvalue weighted by molar-refractivity contribution is 5.77. The molecule has 2 bridgehead atoms. The zero-order valence-corrected chi connectivity index (χ0v) is 13.0. The molecule has 120 valence electrons. The van der Waals surface area contributed by atoms with Gasteiger partial charge in [0.25, 0.3) is 0 Å². The number of carbonyl (C=O) groups excluding carboxylic acids is 2. The lowest BCUT2D eigenvalue weighted by Crippen LogP contribution is -2.62. The molecule has 7 heteroatoms. The molecule has 2 unspecified atom stereocenters. The van der Waals surface area contributed by atoms with Crippen LogP contribution in [0.2, 0.25) is 0 Å². The second-order valence-electron chi connectivity index (χ2n) is 6.40. The minimum atomic E-state index is -0.976. The fourth-order valence-electron chi connectivity index (χ4n) is 2.79. The van der Waals surface area contributed by atoms with Gasteiger partial charge in [-0.1, -0.05) is 0 Å². The molecular formula is C14H24N2O5. The Morgan fingerprint density at radius 2 is 2.05 bits per heavy atom. The van der Waals surface area contributed by atoms with Crippen molar-refractivity contribution in [2.75, 3.05) is 13.1 Å². The maximum atomic E-state index is 10.9. The van der Waals surface area contributed by atoms with Gasteiger partial charge in [0.15, 0.2) is 0 Å². The molecule has 7 nitrogen and oxygen atoms in total. The Morgan fingerprint density at radius 3 is 2.38 bits per heavy atom. The zero-order chi connectivity index (χ0) is 16.3. The molecule has 0 aromatic rings. The summed E-state index contributed by atoms with van der Waals surface area (Å²) in [4.78, 5) is 33.4. The smallest absolute Gasteiger partial charge is 0.408 e. The Labute approximate surface area is 124 Å². The Morgan fingerprint density at radius 1 is 1.43 bits per heavy atom. The molecule has 2 aliphatic heterocycles. The molecule has 2 fully saturated rings. The number of nitrogens with zero attached hydrogens (tertiary/aromatic N) is 1. The number of hydrogen-bond acceptors (Lipinski definition) is 5. The average molecular weight is 300 g/mol. The van der Waals surface area contributed by atoms with Crippen LogP contribution in [-0.4, -0.2) is 58.6 Å². The molecule has 1 amide bonds. The first-order valence-corrected chi connectivity index (χ1v) is 7.00. The van der Waals surface area contributed by atoms with E-state index in [0.29, 0.717) is 19.5 Å². The summed E-state index contributed by atoms with van der Waals surface area (Å²) in [6.45, 7) is 8.06. The molecule has 2 rings (SSSR count). The first kappa shape index (κ1) is 17.4. The van der Waals surface area contributed by atoms with Gasteiger partial charge in [0.1, 0.15) is 17.4 Å². The van der Waals surface area contributed by atoms with Crippen LogP contribution in [0.25, 0.3) is 0 Å². The number of carboxylic acid groups (broad SMARTS) is 1. The van der Waals surface area contributed by atoms with Gasteiger partial charge in [-0.15, -0.1) is 0 Å². The molecule has 2 heterocycles. The van der Waals surface area contributed by atoms with Crippen LogP contribution in [0.1, 0.15) is 40.5 Å². The van der Waals surface area contributed by atoms with Crippen molar-refractivity contribution < 1.29 is 24.2 Å². The summed E-state index contributed by atoms with van der Waals surface area (Å²) in [6.07, 6.45) is 1.24. The van der Waals surface area contributed by atoms with Gasteiger partial charge in [-0.25, -0.2) is 4.79 Å². The zero-order valence-electron chi connectivity index (χ0n) is 13.0. The number of aldehydes is 1. The topological polar surface area (TPSA) is 95.9 Å². The van der Waals surface area contributed by atoms with Crippen molar-refractivity contribution in [3.8, 4) is 0 Å². The summed E-state index contributed by atoms with van der Waals surface area (Å²) >= 11 is 0. The number of hydrogen-bond donors (Lipinski definition) is 2. The van der Waals surface area contributed by atoms with E-state index < -0.39 is 11.6 Å². The molecule has 0 saturated carbocycles. The van der Waals surface area contributed by atoms with E-state index in [-0.39, 0.29) is 17.6 Å². The lowest BCUT2D eigenvalue weighted by molar-refractivity contribution is -0.151. The van der Waals surface area contributed by atoms with Gasteiger partial charge in [0, 0.05) is 26.1 Å². The van der Waals surface area contributed by atoms with Gasteiger partial charge >= 0.3 is 12.1 Å². The number of carbonyl (C=O) groups is 3. The molecular weight excluding hydrogens is 276 g/mol. The predicted molar refractivity (Wildman–Crippen MR) is 76.1 cm³/mol. The summed E-state index contributed by atoms with van der Waals surface area (Å²) < 4.78 is 4.80. The number of fused-ring (bicyclic) bond motifs is 2. The Kier molecular flexibility index (Phi) is 5.33. The molecule has 0 aromatic carbocycles. The van der Waals surface area contributed by atoms with E-state index in [2.05, 4.69) is 5.32 Å². The molecule has 0 spiro atoms. The minimum Gasteiger partial charge on any atom is -0.465 e. The van der Waals surface area contributed by atoms with Crippen LogP contribution in [0.15, 0.2) is 0 Å². The minimum absolute atomic E-state index is 0.0172. The number of ether oxygens (including phenoxy) is 1. The second kappa shape index (κ2) is 6.43. The summed E-state index contributed by atoms with van der Waals surface area (Å²) in [7, 11) is 0. The lowest BCUT2D eigenvalue weighted by atomic mass is 9.98. The first-order chi connectivity index (χ1) is 9.61. The van der Waals surface area contributed by atoms with Crippen LogP contribution in [0.3, 0.4) is 0 Å². The maximum absolute atomic E-state index is 10.9. The van der Waals surface area contributed by atoms with Crippen molar-refractivity contribution in [3.05, 3.63) is 0 Å². The van der Waals surface area contributed by atoms with Crippen LogP contribution in [-0.2, 0) is 14.3 Å². The first-order valence-electron chi connectivity index (χ1n) is 7.00. The molecule has 0 aliphatic carbocycles. The molecule has 2 atom stereocenters. The van der Waals surface area contributed by atoms with Crippen molar-refractivity contribution in [2.24, 2.45) is 0 Å². The Hall–Kier alpha value is -1.63. The standard InChI is InChI=1S/C8H12N2O3.C6H12O2/c11-5-8-2-1-6(3-9-4-8)10(8)7(12)13;1-5(7)8-6(2,3)4/h5-6,9H,1-4H2,(H,12,13);1-4H3. The van der Waals surface area contributed by atoms with Crippen LogP contribution < -0.4 is 5.32 Å². The van der Waals surface area contributed by atoms with Crippen molar-refractivity contribution in [2.45, 2.75) is 57.7 Å². The van der Waals surface area contributed by atoms with Gasteiger partial charge in [-0.05, 0) is 33.6 Å². The third kappa shape index (κ3) is 4.42. The number of rotatable bonds is 1. The lowest BCUT2D eigenvalue weighted by Gasteiger charge is -2.39. The van der Waals surface area contributed by atoms with E-state index >= 15 is 0 Å². The van der Waals surface area contributed by atoms with Gasteiger partial charge in [0.05, 0.1) is 0 Å². The third-order valence-electron chi connectivity index (χ3n) is 3.44. The maximum Gasteiger partial charge on any atom is 0.408 e. The van der Waals surface area contributed by atoms with E-state index in [4.69, 9.17) is 9.84 Å². The largest absolute Gasteiger partial charge is 0.465 e. The molecule has 0 aromatic heterocycles. The van der Waals surface area contributed by atoms with Crippen molar-refractivity contribution in [1.82, 2.24) is 10.2 Å². The van der Waals surface area contributed by atoms with E-state index in [1.165, 1.54) is 11.8 Å². The number of esters is 1. The Balaban J connectivity index is 0.000000240. The van der Waals surface area contributed by atoms with Crippen LogP contribution >= 0.6 is 0 Å². The third-order valence-corrected chi connectivity index (χ3v) is 3.44. The van der Waals surface area contributed by atoms with E-state index in [1.54, 1.807) is 0 Å². The molecule has 2 aliphatic rings. The number of nitrogens with one attached hydrogen (secondary N) is 1. The van der Waals surface area contributed by atoms with Gasteiger partial charge in [-0.3, -0.25) is 9.69 Å². The summed E-state index contributed by atoms with van der Waals surface area (Å²) in [6, 6.07) is -0.0172. The van der Waals surface area contributed by atoms with Crippen LogP contribution in [0, 0.1) is 0 Å². The van der Waals surface area contributed by atoms with Crippen molar-refractivity contribution >= 4 is 18.3 Å². The van der Waals surface area contributed by atoms with E-state index in [0.717, 1.165) is 12.7 Å². The van der Waals surface area contributed by atoms with Gasteiger partial charge in [0.2, 0.25) is 0 Å². The van der Waals surface area contributed by atoms with Crippen molar-refractivity contribution in [1.29, 1.82) is 0 Å². The van der Waals surface area contributed by atoms with Crippen LogP contribution in [0.5, 0.6) is 0 Å². The van der Waals surface area contributed by atoms with E-state index in [1.807, 2.05) is 20.8 Å². The summed E-state index contributed by atoms with van der Waals surface area (Å²) in [5.41, 5.74) is -1.11. The quantitative estimate of drug-likeness (QED) is 0.554.